The molecule has 1 amide bonds. The van der Waals surface area contributed by atoms with E-state index in [4.69, 9.17) is 11.6 Å². The number of rotatable bonds is 3. The van der Waals surface area contributed by atoms with E-state index in [0.717, 1.165) is 31.5 Å². The van der Waals surface area contributed by atoms with Crippen molar-refractivity contribution < 1.29 is 4.79 Å². The molecule has 1 atom stereocenters. The highest BCUT2D eigenvalue weighted by molar-refractivity contribution is 6.31. The zero-order valence-corrected chi connectivity index (χ0v) is 11.4. The van der Waals surface area contributed by atoms with Gasteiger partial charge in [-0.15, -0.1) is 0 Å². The second-order valence-electron chi connectivity index (χ2n) is 4.91. The zero-order valence-electron chi connectivity index (χ0n) is 10.7. The van der Waals surface area contributed by atoms with E-state index in [9.17, 15) is 4.79 Å². The topological polar surface area (TPSA) is 32.3 Å². The average molecular weight is 267 g/mol. The van der Waals surface area contributed by atoms with Gasteiger partial charge in [-0.25, -0.2) is 0 Å². The number of amides is 1. The Labute approximate surface area is 113 Å². The Hall–Kier alpha value is -1.06. The second-order valence-corrected chi connectivity index (χ2v) is 5.32. The molecular weight excluding hydrogens is 248 g/mol. The van der Waals surface area contributed by atoms with Crippen LogP contribution in [-0.2, 0) is 11.3 Å². The highest BCUT2D eigenvalue weighted by Gasteiger charge is 2.23. The quantitative estimate of drug-likeness (QED) is 0.911. The number of nitrogens with one attached hydrogen (secondary N) is 1. The molecule has 0 spiro atoms. The molecule has 1 aliphatic heterocycles. The maximum atomic E-state index is 12.0. The van der Waals surface area contributed by atoms with E-state index in [1.165, 1.54) is 0 Å². The van der Waals surface area contributed by atoms with Crippen LogP contribution in [0, 0.1) is 5.92 Å². The van der Waals surface area contributed by atoms with Gasteiger partial charge in [0.2, 0.25) is 5.91 Å². The second kappa shape index (κ2) is 6.21. The average Bonchev–Trinajstić information content (AvgIpc) is 2.37. The third-order valence-corrected chi connectivity index (χ3v) is 3.77. The summed E-state index contributed by atoms with van der Waals surface area (Å²) in [6.07, 6.45) is 2.08. The fourth-order valence-electron chi connectivity index (χ4n) is 2.35. The Kier molecular flexibility index (Phi) is 4.61. The number of halogens is 1. The summed E-state index contributed by atoms with van der Waals surface area (Å²) in [5.41, 5.74) is 0.969. The van der Waals surface area contributed by atoms with Crippen molar-refractivity contribution in [2.45, 2.75) is 19.4 Å². The third kappa shape index (κ3) is 3.47. The molecule has 0 unspecified atom stereocenters. The number of carbonyl (C=O) groups is 1. The number of benzene rings is 1. The number of hydrogen-bond donors (Lipinski definition) is 1. The van der Waals surface area contributed by atoms with Gasteiger partial charge in [-0.1, -0.05) is 29.8 Å². The first-order valence-electron chi connectivity index (χ1n) is 6.36. The number of hydrogen-bond acceptors (Lipinski definition) is 2. The van der Waals surface area contributed by atoms with Crippen molar-refractivity contribution in [3.8, 4) is 0 Å². The van der Waals surface area contributed by atoms with Gasteiger partial charge in [-0.2, -0.15) is 0 Å². The summed E-state index contributed by atoms with van der Waals surface area (Å²) in [6, 6.07) is 7.61. The van der Waals surface area contributed by atoms with Crippen LogP contribution in [0.5, 0.6) is 0 Å². The normalized spacial score (nSPS) is 20.7. The molecule has 0 saturated carbocycles. The number of likely N-dealkylation sites (tertiary alicyclic amines) is 1. The molecule has 0 bridgehead atoms. The van der Waals surface area contributed by atoms with Gasteiger partial charge in [0.1, 0.15) is 0 Å². The molecule has 1 saturated heterocycles. The molecular formula is C14H19ClN2O. The van der Waals surface area contributed by atoms with Crippen molar-refractivity contribution in [1.29, 1.82) is 0 Å². The van der Waals surface area contributed by atoms with E-state index in [-0.39, 0.29) is 11.8 Å². The molecule has 98 valence electrons. The smallest absolute Gasteiger partial charge is 0.224 e. The Morgan fingerprint density at radius 3 is 3.00 bits per heavy atom. The van der Waals surface area contributed by atoms with E-state index in [2.05, 4.69) is 17.3 Å². The monoisotopic (exact) mass is 266 g/mol. The maximum absolute atomic E-state index is 12.0. The van der Waals surface area contributed by atoms with Gasteiger partial charge >= 0.3 is 0 Å². The first-order valence-corrected chi connectivity index (χ1v) is 6.74. The molecule has 0 aliphatic carbocycles. The van der Waals surface area contributed by atoms with Crippen LogP contribution in [0.1, 0.15) is 18.4 Å². The molecule has 2 rings (SSSR count). The van der Waals surface area contributed by atoms with E-state index < -0.39 is 0 Å². The molecule has 0 radical (unpaired) electrons. The minimum absolute atomic E-state index is 0.117. The van der Waals surface area contributed by atoms with E-state index in [1.807, 2.05) is 24.3 Å². The highest BCUT2D eigenvalue weighted by atomic mass is 35.5. The molecule has 1 aromatic rings. The standard InChI is InChI=1S/C14H19ClN2O/c1-17-8-4-6-12(10-17)14(18)16-9-11-5-2-3-7-13(11)15/h2-3,5,7,12H,4,6,8-10H2,1H3,(H,16,18)/t12-/m0/s1. The lowest BCUT2D eigenvalue weighted by atomic mass is 9.97. The number of nitrogens with zero attached hydrogens (tertiary/aromatic N) is 1. The molecule has 1 heterocycles. The first-order chi connectivity index (χ1) is 8.66. The van der Waals surface area contributed by atoms with Gasteiger partial charge in [0.15, 0.2) is 0 Å². The predicted molar refractivity (Wildman–Crippen MR) is 73.5 cm³/mol. The number of piperidine rings is 1. The van der Waals surface area contributed by atoms with E-state index in [0.29, 0.717) is 11.6 Å². The fourth-order valence-corrected chi connectivity index (χ4v) is 2.55. The van der Waals surface area contributed by atoms with Crippen LogP contribution in [0.4, 0.5) is 0 Å². The van der Waals surface area contributed by atoms with Crippen molar-refractivity contribution in [3.63, 3.8) is 0 Å². The Morgan fingerprint density at radius 2 is 2.28 bits per heavy atom. The Balaban J connectivity index is 1.86. The molecule has 1 fully saturated rings. The van der Waals surface area contributed by atoms with Crippen LogP contribution in [-0.4, -0.2) is 30.9 Å². The van der Waals surface area contributed by atoms with Gasteiger partial charge in [-0.3, -0.25) is 4.79 Å². The summed E-state index contributed by atoms with van der Waals surface area (Å²) in [4.78, 5) is 14.3. The van der Waals surface area contributed by atoms with Crippen LogP contribution in [0.15, 0.2) is 24.3 Å². The van der Waals surface area contributed by atoms with Crippen LogP contribution < -0.4 is 5.32 Å². The summed E-state index contributed by atoms with van der Waals surface area (Å²) in [6.45, 7) is 2.46. The van der Waals surface area contributed by atoms with Crippen molar-refractivity contribution >= 4 is 17.5 Å². The third-order valence-electron chi connectivity index (χ3n) is 3.41. The largest absolute Gasteiger partial charge is 0.352 e. The van der Waals surface area contributed by atoms with E-state index in [1.54, 1.807) is 0 Å². The van der Waals surface area contributed by atoms with Gasteiger partial charge in [0.25, 0.3) is 0 Å². The number of carbonyl (C=O) groups excluding carboxylic acids is 1. The van der Waals surface area contributed by atoms with Crippen molar-refractivity contribution in [2.75, 3.05) is 20.1 Å². The summed E-state index contributed by atoms with van der Waals surface area (Å²) >= 11 is 6.06. The molecule has 4 heteroatoms. The van der Waals surface area contributed by atoms with Crippen LogP contribution in [0.25, 0.3) is 0 Å². The molecule has 1 aromatic carbocycles. The lowest BCUT2D eigenvalue weighted by Crippen LogP contribution is -2.41. The van der Waals surface area contributed by atoms with Crippen LogP contribution in [0.2, 0.25) is 5.02 Å². The van der Waals surface area contributed by atoms with Crippen molar-refractivity contribution in [1.82, 2.24) is 10.2 Å². The summed E-state index contributed by atoms with van der Waals surface area (Å²) in [7, 11) is 2.06. The van der Waals surface area contributed by atoms with Gasteiger partial charge in [0.05, 0.1) is 5.92 Å². The molecule has 1 N–H and O–H groups in total. The lowest BCUT2D eigenvalue weighted by Gasteiger charge is -2.28. The molecule has 1 aliphatic rings. The minimum atomic E-state index is 0.117. The van der Waals surface area contributed by atoms with Gasteiger partial charge in [0, 0.05) is 18.1 Å². The lowest BCUT2D eigenvalue weighted by molar-refractivity contribution is -0.126. The van der Waals surface area contributed by atoms with Crippen molar-refractivity contribution in [3.05, 3.63) is 34.9 Å². The van der Waals surface area contributed by atoms with Crippen LogP contribution >= 0.6 is 11.6 Å². The SMILES string of the molecule is CN1CCC[C@H](C(=O)NCc2ccccc2Cl)C1. The summed E-state index contributed by atoms with van der Waals surface area (Å²) in [5, 5.41) is 3.69. The first kappa shape index (κ1) is 13.4. The zero-order chi connectivity index (χ0) is 13.0. The summed E-state index contributed by atoms with van der Waals surface area (Å²) < 4.78 is 0. The minimum Gasteiger partial charge on any atom is -0.352 e. The summed E-state index contributed by atoms with van der Waals surface area (Å²) in [5.74, 6) is 0.257. The van der Waals surface area contributed by atoms with E-state index >= 15 is 0 Å². The Bertz CT molecular complexity index is 422. The molecule has 18 heavy (non-hydrogen) atoms. The Morgan fingerprint density at radius 1 is 1.50 bits per heavy atom. The van der Waals surface area contributed by atoms with Gasteiger partial charge in [-0.05, 0) is 38.1 Å². The highest BCUT2D eigenvalue weighted by Crippen LogP contribution is 2.17. The predicted octanol–water partition coefficient (Wildman–Crippen LogP) is 2.30. The fraction of sp³-hybridized carbons (Fsp3) is 0.500. The molecule has 3 nitrogen and oxygen atoms in total. The van der Waals surface area contributed by atoms with Crippen molar-refractivity contribution in [2.24, 2.45) is 5.92 Å². The maximum Gasteiger partial charge on any atom is 0.224 e. The van der Waals surface area contributed by atoms with Crippen LogP contribution in [0.3, 0.4) is 0 Å². The molecule has 0 aromatic heterocycles. The van der Waals surface area contributed by atoms with Gasteiger partial charge < -0.3 is 10.2 Å².